The topological polar surface area (TPSA) is 54.5 Å². The van der Waals surface area contributed by atoms with E-state index in [4.69, 9.17) is 4.74 Å². The fourth-order valence-corrected chi connectivity index (χ4v) is 2.16. The molecular weight excluding hydrogens is 266 g/mol. The van der Waals surface area contributed by atoms with Crippen molar-refractivity contribution in [3.63, 3.8) is 0 Å². The number of methoxy groups -OCH3 is 1. The first-order valence-electron chi connectivity index (χ1n) is 6.90. The lowest BCUT2D eigenvalue weighted by atomic mass is 10.2. The van der Waals surface area contributed by atoms with Crippen LogP contribution in [0.3, 0.4) is 0 Å². The summed E-state index contributed by atoms with van der Waals surface area (Å²) in [6.07, 6.45) is 0. The van der Waals surface area contributed by atoms with Crippen molar-refractivity contribution < 1.29 is 9.53 Å². The van der Waals surface area contributed by atoms with Gasteiger partial charge >= 0.3 is 0 Å². The lowest BCUT2D eigenvalue weighted by Crippen LogP contribution is -2.41. The fraction of sp³-hybridized carbons (Fsp3) is 0.375. The van der Waals surface area contributed by atoms with Gasteiger partial charge in [-0.1, -0.05) is 18.2 Å². The number of para-hydroxylation sites is 1. The normalized spacial score (nSPS) is 12.2. The van der Waals surface area contributed by atoms with E-state index < -0.39 is 0 Å². The molecule has 0 spiro atoms. The average Bonchev–Trinajstić information content (AvgIpc) is 2.50. The highest BCUT2D eigenvalue weighted by atomic mass is 16.5. The van der Waals surface area contributed by atoms with Crippen LogP contribution in [0.15, 0.2) is 30.3 Å². The maximum atomic E-state index is 11.8. The summed E-state index contributed by atoms with van der Waals surface area (Å²) in [5.41, 5.74) is 1.72. The van der Waals surface area contributed by atoms with Crippen molar-refractivity contribution in [3.8, 4) is 5.75 Å². The van der Waals surface area contributed by atoms with Crippen LogP contribution in [0, 0.1) is 0 Å². The Balaban J connectivity index is 2.14. The molecule has 21 heavy (non-hydrogen) atoms. The number of ether oxygens (including phenoxy) is 1. The molecule has 0 aliphatic heterocycles. The molecular formula is C16H21N3O2. The molecule has 1 aromatic carbocycles. The molecule has 5 nitrogen and oxygen atoms in total. The SMILES string of the molecule is COc1cccc2ccc(CNC(C)C(=O)N(C)C)nc12. The molecule has 1 aromatic heterocycles. The molecule has 0 aliphatic rings. The van der Waals surface area contributed by atoms with Crippen LogP contribution in [0.1, 0.15) is 12.6 Å². The second-order valence-corrected chi connectivity index (χ2v) is 5.17. The zero-order valence-electron chi connectivity index (χ0n) is 12.9. The Bertz CT molecular complexity index is 640. The summed E-state index contributed by atoms with van der Waals surface area (Å²) in [5.74, 6) is 0.806. The largest absolute Gasteiger partial charge is 0.494 e. The second kappa shape index (κ2) is 6.54. The Morgan fingerprint density at radius 1 is 1.33 bits per heavy atom. The third-order valence-corrected chi connectivity index (χ3v) is 3.36. The summed E-state index contributed by atoms with van der Waals surface area (Å²) in [6.45, 7) is 2.39. The van der Waals surface area contributed by atoms with Gasteiger partial charge in [-0.3, -0.25) is 4.79 Å². The van der Waals surface area contributed by atoms with Crippen LogP contribution >= 0.6 is 0 Å². The minimum atomic E-state index is -0.241. The molecule has 1 atom stereocenters. The molecule has 112 valence electrons. The number of carbonyl (C=O) groups excluding carboxylic acids is 1. The summed E-state index contributed by atoms with van der Waals surface area (Å²) in [5, 5.41) is 4.23. The van der Waals surface area contributed by atoms with Crippen molar-refractivity contribution in [1.82, 2.24) is 15.2 Å². The van der Waals surface area contributed by atoms with Gasteiger partial charge < -0.3 is 15.0 Å². The molecule has 0 bridgehead atoms. The number of rotatable bonds is 5. The van der Waals surface area contributed by atoms with Crippen LogP contribution in [0.5, 0.6) is 5.75 Å². The van der Waals surface area contributed by atoms with Crippen LogP contribution in [-0.4, -0.2) is 43.0 Å². The molecule has 0 saturated heterocycles. The van der Waals surface area contributed by atoms with E-state index in [-0.39, 0.29) is 11.9 Å². The molecule has 1 amide bonds. The second-order valence-electron chi connectivity index (χ2n) is 5.17. The molecule has 2 aromatic rings. The van der Waals surface area contributed by atoms with Crippen LogP contribution in [0.25, 0.3) is 10.9 Å². The van der Waals surface area contributed by atoms with Gasteiger partial charge in [-0.15, -0.1) is 0 Å². The molecule has 0 radical (unpaired) electrons. The Labute approximate surface area is 124 Å². The minimum Gasteiger partial charge on any atom is -0.494 e. The molecule has 1 unspecified atom stereocenters. The number of carbonyl (C=O) groups is 1. The predicted octanol–water partition coefficient (Wildman–Crippen LogP) is 1.81. The van der Waals surface area contributed by atoms with Gasteiger partial charge in [0.25, 0.3) is 0 Å². The van der Waals surface area contributed by atoms with Gasteiger partial charge in [0.15, 0.2) is 0 Å². The smallest absolute Gasteiger partial charge is 0.238 e. The first-order chi connectivity index (χ1) is 10.0. The van der Waals surface area contributed by atoms with Crippen molar-refractivity contribution in [2.45, 2.75) is 19.5 Å². The van der Waals surface area contributed by atoms with E-state index >= 15 is 0 Å². The van der Waals surface area contributed by atoms with Gasteiger partial charge in [-0.05, 0) is 19.1 Å². The lowest BCUT2D eigenvalue weighted by Gasteiger charge is -2.18. The molecule has 0 aliphatic carbocycles. The first kappa shape index (κ1) is 15.3. The zero-order chi connectivity index (χ0) is 15.4. The van der Waals surface area contributed by atoms with Gasteiger partial charge in [0, 0.05) is 26.0 Å². The summed E-state index contributed by atoms with van der Waals surface area (Å²) >= 11 is 0. The van der Waals surface area contributed by atoms with Gasteiger partial charge in [0.1, 0.15) is 11.3 Å². The number of amides is 1. The number of fused-ring (bicyclic) bond motifs is 1. The minimum absolute atomic E-state index is 0.0494. The van der Waals surface area contributed by atoms with E-state index in [1.165, 1.54) is 0 Å². The number of nitrogens with zero attached hydrogens (tertiary/aromatic N) is 2. The van der Waals surface area contributed by atoms with Crippen LogP contribution < -0.4 is 10.1 Å². The number of pyridine rings is 1. The Morgan fingerprint density at radius 2 is 2.10 bits per heavy atom. The molecule has 2 rings (SSSR count). The third kappa shape index (κ3) is 3.49. The molecule has 1 heterocycles. The summed E-state index contributed by atoms with van der Waals surface area (Å²) < 4.78 is 5.33. The number of hydrogen-bond acceptors (Lipinski definition) is 4. The van der Waals surface area contributed by atoms with Crippen molar-refractivity contribution >= 4 is 16.8 Å². The highest BCUT2D eigenvalue weighted by Gasteiger charge is 2.14. The Morgan fingerprint density at radius 3 is 2.76 bits per heavy atom. The summed E-state index contributed by atoms with van der Waals surface area (Å²) in [6, 6.07) is 9.57. The van der Waals surface area contributed by atoms with Crippen LogP contribution in [0.2, 0.25) is 0 Å². The zero-order valence-corrected chi connectivity index (χ0v) is 12.9. The molecule has 1 N–H and O–H groups in total. The number of likely N-dealkylation sites (N-methyl/N-ethyl adjacent to an activating group) is 1. The average molecular weight is 287 g/mol. The Kier molecular flexibility index (Phi) is 4.75. The highest BCUT2D eigenvalue weighted by molar-refractivity contribution is 5.84. The summed E-state index contributed by atoms with van der Waals surface area (Å²) in [7, 11) is 5.14. The van der Waals surface area contributed by atoms with E-state index in [0.717, 1.165) is 22.3 Å². The van der Waals surface area contributed by atoms with Gasteiger partial charge in [0.2, 0.25) is 5.91 Å². The van der Waals surface area contributed by atoms with Crippen LogP contribution in [-0.2, 0) is 11.3 Å². The van der Waals surface area contributed by atoms with Crippen LogP contribution in [0.4, 0.5) is 0 Å². The molecule has 0 saturated carbocycles. The number of hydrogen-bond donors (Lipinski definition) is 1. The third-order valence-electron chi connectivity index (χ3n) is 3.36. The number of aromatic nitrogens is 1. The molecule has 5 heteroatoms. The van der Waals surface area contributed by atoms with E-state index in [2.05, 4.69) is 10.3 Å². The van der Waals surface area contributed by atoms with E-state index in [9.17, 15) is 4.79 Å². The van der Waals surface area contributed by atoms with Crippen molar-refractivity contribution in [2.75, 3.05) is 21.2 Å². The van der Waals surface area contributed by atoms with E-state index in [1.807, 2.05) is 37.3 Å². The fourth-order valence-electron chi connectivity index (χ4n) is 2.16. The Hall–Kier alpha value is -2.14. The van der Waals surface area contributed by atoms with Gasteiger partial charge in [0.05, 0.1) is 18.8 Å². The molecule has 0 fully saturated rings. The van der Waals surface area contributed by atoms with E-state index in [1.54, 1.807) is 26.1 Å². The van der Waals surface area contributed by atoms with Crippen molar-refractivity contribution in [1.29, 1.82) is 0 Å². The van der Waals surface area contributed by atoms with Gasteiger partial charge in [-0.2, -0.15) is 0 Å². The highest BCUT2D eigenvalue weighted by Crippen LogP contribution is 2.23. The number of nitrogens with one attached hydrogen (secondary N) is 1. The quantitative estimate of drug-likeness (QED) is 0.911. The van der Waals surface area contributed by atoms with Crippen molar-refractivity contribution in [3.05, 3.63) is 36.0 Å². The van der Waals surface area contributed by atoms with E-state index in [0.29, 0.717) is 6.54 Å². The maximum Gasteiger partial charge on any atom is 0.238 e. The maximum absolute atomic E-state index is 11.8. The monoisotopic (exact) mass is 287 g/mol. The number of benzene rings is 1. The first-order valence-corrected chi connectivity index (χ1v) is 6.90. The standard InChI is InChI=1S/C16H21N3O2/c1-11(16(20)19(2)3)17-10-13-9-8-12-6-5-7-14(21-4)15(12)18-13/h5-9,11,17H,10H2,1-4H3. The summed E-state index contributed by atoms with van der Waals surface area (Å²) in [4.78, 5) is 18.0. The van der Waals surface area contributed by atoms with Crippen molar-refractivity contribution in [2.24, 2.45) is 0 Å². The lowest BCUT2D eigenvalue weighted by molar-refractivity contribution is -0.130. The van der Waals surface area contributed by atoms with Gasteiger partial charge in [-0.25, -0.2) is 4.98 Å². The predicted molar refractivity (Wildman–Crippen MR) is 83.3 cm³/mol.